The van der Waals surface area contributed by atoms with Gasteiger partial charge in [0, 0.05) is 43.0 Å². The van der Waals surface area contributed by atoms with Crippen molar-refractivity contribution in [2.45, 2.75) is 13.0 Å². The summed E-state index contributed by atoms with van der Waals surface area (Å²) < 4.78 is 13.4. The van der Waals surface area contributed by atoms with E-state index in [-0.39, 0.29) is 5.82 Å². The van der Waals surface area contributed by atoms with Crippen molar-refractivity contribution in [3.05, 3.63) is 35.7 Å². The Balaban J connectivity index is 2.33. The van der Waals surface area contributed by atoms with Crippen LogP contribution in [0.15, 0.2) is 24.3 Å². The number of benzene rings is 1. The largest absolute Gasteiger partial charge is 0.478 e. The Morgan fingerprint density at radius 2 is 2.20 bits per heavy atom. The second-order valence-corrected chi connectivity index (χ2v) is 5.18. The summed E-state index contributed by atoms with van der Waals surface area (Å²) in [6.07, 6.45) is 2.49. The maximum absolute atomic E-state index is 13.4. The maximum atomic E-state index is 13.4. The molecular weight excluding hydrogens is 259 g/mol. The molecule has 1 atom stereocenters. The Labute approximate surface area is 118 Å². The monoisotopic (exact) mass is 278 g/mol. The van der Waals surface area contributed by atoms with Gasteiger partial charge in [-0.2, -0.15) is 0 Å². The Bertz CT molecular complexity index is 531. The van der Waals surface area contributed by atoms with Crippen LogP contribution in [-0.2, 0) is 4.79 Å². The summed E-state index contributed by atoms with van der Waals surface area (Å²) in [7, 11) is 2.07. The van der Waals surface area contributed by atoms with Crippen LogP contribution in [-0.4, -0.2) is 48.7 Å². The van der Waals surface area contributed by atoms with Gasteiger partial charge in [-0.1, -0.05) is 0 Å². The molecule has 1 aliphatic heterocycles. The van der Waals surface area contributed by atoms with Crippen LogP contribution in [0.5, 0.6) is 0 Å². The number of carboxylic acids is 1. The first kappa shape index (κ1) is 14.5. The van der Waals surface area contributed by atoms with E-state index in [0.29, 0.717) is 11.6 Å². The molecule has 4 nitrogen and oxygen atoms in total. The molecule has 2 rings (SSSR count). The molecule has 1 saturated heterocycles. The molecule has 1 aromatic rings. The normalized spacial score (nSPS) is 20.6. The number of carboxylic acid groups (broad SMARTS) is 1. The lowest BCUT2D eigenvalue weighted by molar-refractivity contribution is -0.131. The van der Waals surface area contributed by atoms with Crippen LogP contribution in [0, 0.1) is 5.82 Å². The van der Waals surface area contributed by atoms with E-state index < -0.39 is 5.97 Å². The van der Waals surface area contributed by atoms with Crippen molar-refractivity contribution < 1.29 is 14.3 Å². The molecule has 0 spiro atoms. The quantitative estimate of drug-likeness (QED) is 0.860. The molecule has 1 heterocycles. The molecule has 1 aliphatic rings. The predicted octanol–water partition coefficient (Wildman–Crippen LogP) is 2.06. The zero-order valence-corrected chi connectivity index (χ0v) is 11.7. The average Bonchev–Trinajstić information content (AvgIpc) is 2.37. The summed E-state index contributed by atoms with van der Waals surface area (Å²) in [5.74, 6) is -1.40. The third kappa shape index (κ3) is 3.36. The van der Waals surface area contributed by atoms with E-state index >= 15 is 0 Å². The van der Waals surface area contributed by atoms with E-state index in [1.807, 2.05) is 0 Å². The van der Waals surface area contributed by atoms with Gasteiger partial charge >= 0.3 is 5.97 Å². The Kier molecular flexibility index (Phi) is 4.39. The van der Waals surface area contributed by atoms with Gasteiger partial charge in [0.25, 0.3) is 0 Å². The van der Waals surface area contributed by atoms with Crippen LogP contribution < -0.4 is 4.90 Å². The van der Waals surface area contributed by atoms with Crippen molar-refractivity contribution in [2.24, 2.45) is 0 Å². The maximum Gasteiger partial charge on any atom is 0.328 e. The van der Waals surface area contributed by atoms with Gasteiger partial charge in [0.2, 0.25) is 0 Å². The van der Waals surface area contributed by atoms with Crippen molar-refractivity contribution in [2.75, 3.05) is 31.6 Å². The fourth-order valence-electron chi connectivity index (χ4n) is 2.58. The van der Waals surface area contributed by atoms with Gasteiger partial charge in [-0.3, -0.25) is 0 Å². The third-order valence-corrected chi connectivity index (χ3v) is 3.54. The molecular formula is C15H19FN2O2. The molecule has 0 amide bonds. The number of likely N-dealkylation sites (N-methyl/N-ethyl adjacent to an activating group) is 1. The number of halogens is 1. The van der Waals surface area contributed by atoms with Crippen LogP contribution >= 0.6 is 0 Å². The topological polar surface area (TPSA) is 43.8 Å². The molecule has 1 unspecified atom stereocenters. The van der Waals surface area contributed by atoms with E-state index in [4.69, 9.17) is 5.11 Å². The Morgan fingerprint density at radius 1 is 1.45 bits per heavy atom. The zero-order valence-electron chi connectivity index (χ0n) is 11.7. The van der Waals surface area contributed by atoms with E-state index in [1.165, 1.54) is 18.2 Å². The molecule has 0 radical (unpaired) electrons. The smallest absolute Gasteiger partial charge is 0.328 e. The second kappa shape index (κ2) is 6.05. The summed E-state index contributed by atoms with van der Waals surface area (Å²) in [6, 6.07) is 4.81. The first-order valence-electron chi connectivity index (χ1n) is 6.63. The molecule has 1 aromatic carbocycles. The molecule has 5 heteroatoms. The zero-order chi connectivity index (χ0) is 14.7. The molecule has 0 aliphatic carbocycles. The van der Waals surface area contributed by atoms with Gasteiger partial charge in [0.05, 0.1) is 0 Å². The van der Waals surface area contributed by atoms with Gasteiger partial charge in [-0.05, 0) is 38.2 Å². The summed E-state index contributed by atoms with van der Waals surface area (Å²) in [4.78, 5) is 15.1. The highest BCUT2D eigenvalue weighted by molar-refractivity contribution is 5.87. The van der Waals surface area contributed by atoms with Gasteiger partial charge in [-0.15, -0.1) is 0 Å². The standard InChI is InChI=1S/C15H19FN2O2/c1-11-10-17(2)7-8-18(11)14-5-4-13(16)9-12(14)3-6-15(19)20/h3-6,9,11H,7-8,10H2,1-2H3,(H,19,20)/b6-3+. The number of piperazine rings is 1. The lowest BCUT2D eigenvalue weighted by Gasteiger charge is -2.40. The number of anilines is 1. The minimum Gasteiger partial charge on any atom is -0.478 e. The van der Waals surface area contributed by atoms with Crippen LogP contribution in [0.2, 0.25) is 0 Å². The number of carbonyl (C=O) groups is 1. The van der Waals surface area contributed by atoms with Crippen LogP contribution in [0.4, 0.5) is 10.1 Å². The lowest BCUT2D eigenvalue weighted by atomic mass is 10.1. The Morgan fingerprint density at radius 3 is 2.85 bits per heavy atom. The number of hydrogen-bond acceptors (Lipinski definition) is 3. The average molecular weight is 278 g/mol. The third-order valence-electron chi connectivity index (χ3n) is 3.54. The highest BCUT2D eigenvalue weighted by atomic mass is 19.1. The molecule has 0 saturated carbocycles. The highest BCUT2D eigenvalue weighted by Gasteiger charge is 2.23. The van der Waals surface area contributed by atoms with Gasteiger partial charge in [0.15, 0.2) is 0 Å². The first-order valence-corrected chi connectivity index (χ1v) is 6.63. The predicted molar refractivity (Wildman–Crippen MR) is 77.4 cm³/mol. The fourth-order valence-corrected chi connectivity index (χ4v) is 2.58. The lowest BCUT2D eigenvalue weighted by Crippen LogP contribution is -2.50. The summed E-state index contributed by atoms with van der Waals surface area (Å²) >= 11 is 0. The van der Waals surface area contributed by atoms with Crippen LogP contribution in [0.25, 0.3) is 6.08 Å². The number of hydrogen-bond donors (Lipinski definition) is 1. The van der Waals surface area contributed by atoms with Gasteiger partial charge < -0.3 is 14.9 Å². The molecule has 0 bridgehead atoms. The summed E-state index contributed by atoms with van der Waals surface area (Å²) in [5, 5.41) is 8.73. The van der Waals surface area contributed by atoms with E-state index in [9.17, 15) is 9.18 Å². The van der Waals surface area contributed by atoms with Crippen molar-refractivity contribution >= 4 is 17.7 Å². The molecule has 20 heavy (non-hydrogen) atoms. The minimum atomic E-state index is -1.04. The number of nitrogens with zero attached hydrogens (tertiary/aromatic N) is 2. The van der Waals surface area contributed by atoms with Crippen molar-refractivity contribution in [3.8, 4) is 0 Å². The molecule has 1 fully saturated rings. The molecule has 1 N–H and O–H groups in total. The van der Waals surface area contributed by atoms with E-state index in [2.05, 4.69) is 23.8 Å². The van der Waals surface area contributed by atoms with Crippen LogP contribution in [0.3, 0.4) is 0 Å². The first-order chi connectivity index (χ1) is 9.47. The highest BCUT2D eigenvalue weighted by Crippen LogP contribution is 2.26. The van der Waals surface area contributed by atoms with Crippen molar-refractivity contribution in [1.29, 1.82) is 0 Å². The van der Waals surface area contributed by atoms with Crippen LogP contribution in [0.1, 0.15) is 12.5 Å². The Hall–Kier alpha value is -1.88. The van der Waals surface area contributed by atoms with Gasteiger partial charge in [0.1, 0.15) is 5.82 Å². The van der Waals surface area contributed by atoms with Crippen molar-refractivity contribution in [3.63, 3.8) is 0 Å². The summed E-state index contributed by atoms with van der Waals surface area (Å²) in [6.45, 7) is 4.82. The molecule has 0 aromatic heterocycles. The number of aliphatic carboxylic acids is 1. The SMILES string of the molecule is CC1CN(C)CCN1c1ccc(F)cc1/C=C/C(=O)O. The van der Waals surface area contributed by atoms with Crippen molar-refractivity contribution in [1.82, 2.24) is 4.90 Å². The number of rotatable bonds is 3. The summed E-state index contributed by atoms with van der Waals surface area (Å²) in [5.41, 5.74) is 1.48. The molecule has 108 valence electrons. The van der Waals surface area contributed by atoms with E-state index in [1.54, 1.807) is 6.07 Å². The fraction of sp³-hybridized carbons (Fsp3) is 0.400. The van der Waals surface area contributed by atoms with E-state index in [0.717, 1.165) is 31.4 Å². The second-order valence-electron chi connectivity index (χ2n) is 5.18. The van der Waals surface area contributed by atoms with Gasteiger partial charge in [-0.25, -0.2) is 9.18 Å². The minimum absolute atomic E-state index is 0.302.